The van der Waals surface area contributed by atoms with Gasteiger partial charge in [-0.05, 0) is 37.5 Å². The summed E-state index contributed by atoms with van der Waals surface area (Å²) in [5, 5.41) is 0.732. The number of rotatable bonds is 6. The molecule has 0 radical (unpaired) electrons. The highest BCUT2D eigenvalue weighted by molar-refractivity contribution is 5.93. The van der Waals surface area contributed by atoms with E-state index in [-0.39, 0.29) is 18.1 Å². The Morgan fingerprint density at radius 1 is 1.10 bits per heavy atom. The summed E-state index contributed by atoms with van der Waals surface area (Å²) >= 11 is 0. The fraction of sp³-hybridized carbons (Fsp3) is 0.364. The van der Waals surface area contributed by atoms with Crippen molar-refractivity contribution >= 4 is 10.9 Å². The van der Waals surface area contributed by atoms with Crippen molar-refractivity contribution in [1.82, 2.24) is 9.97 Å². The maximum atomic E-state index is 13.7. The van der Waals surface area contributed by atoms with Crippen LogP contribution in [0.4, 0.5) is 13.2 Å². The van der Waals surface area contributed by atoms with Crippen LogP contribution in [0.5, 0.6) is 5.75 Å². The molecule has 0 saturated carbocycles. The maximum Gasteiger partial charge on any atom is 0.420 e. The summed E-state index contributed by atoms with van der Waals surface area (Å²) in [6.45, 7) is 5.74. The van der Waals surface area contributed by atoms with Crippen LogP contribution >= 0.6 is 0 Å². The number of aromatic nitrogens is 2. The van der Waals surface area contributed by atoms with Crippen LogP contribution in [0.15, 0.2) is 48.8 Å². The summed E-state index contributed by atoms with van der Waals surface area (Å²) in [5.41, 5.74) is 6.04. The molecule has 2 heterocycles. The summed E-state index contributed by atoms with van der Waals surface area (Å²) < 4.78 is 46.7. The van der Waals surface area contributed by atoms with E-state index >= 15 is 0 Å². The number of pyridine rings is 2. The third-order valence-corrected chi connectivity index (χ3v) is 4.53. The van der Waals surface area contributed by atoms with Crippen LogP contribution in [0.1, 0.15) is 32.8 Å². The van der Waals surface area contributed by atoms with Gasteiger partial charge < -0.3 is 10.5 Å². The lowest BCUT2D eigenvalue weighted by molar-refractivity contribution is -0.139. The quantitative estimate of drug-likeness (QED) is 0.594. The number of ether oxygens (including phenoxy) is 1. The summed E-state index contributed by atoms with van der Waals surface area (Å²) in [5.74, 6) is -0.0174. The molecule has 1 atom stereocenters. The average molecular weight is 403 g/mol. The van der Waals surface area contributed by atoms with Gasteiger partial charge in [0.25, 0.3) is 0 Å². The first-order valence-electron chi connectivity index (χ1n) is 9.40. The van der Waals surface area contributed by atoms with Crippen molar-refractivity contribution in [3.05, 3.63) is 54.4 Å². The Balaban J connectivity index is 1.99. The highest BCUT2D eigenvalue weighted by Crippen LogP contribution is 2.39. The van der Waals surface area contributed by atoms with Gasteiger partial charge in [0.15, 0.2) is 0 Å². The number of para-hydroxylation sites is 1. The number of halogens is 3. The molecule has 154 valence electrons. The van der Waals surface area contributed by atoms with Crippen LogP contribution in [-0.2, 0) is 6.18 Å². The van der Waals surface area contributed by atoms with Crippen molar-refractivity contribution in [1.29, 1.82) is 0 Å². The van der Waals surface area contributed by atoms with E-state index in [1.165, 1.54) is 0 Å². The van der Waals surface area contributed by atoms with Gasteiger partial charge in [0.05, 0.1) is 17.4 Å². The molecular formula is C22H24F3N3O. The third-order valence-electron chi connectivity index (χ3n) is 4.53. The number of hydrogen-bond donors (Lipinski definition) is 1. The molecule has 2 N–H and O–H groups in total. The SMILES string of the molecule is CC(C)CC(C)(N)COc1cnc(-c2ccnc3ccccc23)cc1C(F)(F)F. The van der Waals surface area contributed by atoms with E-state index in [1.54, 1.807) is 25.3 Å². The van der Waals surface area contributed by atoms with E-state index in [1.807, 2.05) is 32.0 Å². The van der Waals surface area contributed by atoms with Gasteiger partial charge in [-0.2, -0.15) is 13.2 Å². The molecule has 2 aromatic heterocycles. The molecule has 0 amide bonds. The Bertz CT molecular complexity index is 995. The van der Waals surface area contributed by atoms with E-state index in [9.17, 15) is 13.2 Å². The van der Waals surface area contributed by atoms with Crippen molar-refractivity contribution in [3.8, 4) is 17.0 Å². The van der Waals surface area contributed by atoms with Crippen LogP contribution < -0.4 is 10.5 Å². The van der Waals surface area contributed by atoms with E-state index < -0.39 is 17.3 Å². The third kappa shape index (κ3) is 5.03. The maximum absolute atomic E-state index is 13.7. The predicted molar refractivity (Wildman–Crippen MR) is 108 cm³/mol. The highest BCUT2D eigenvalue weighted by Gasteiger charge is 2.36. The minimum absolute atomic E-state index is 0.0343. The monoisotopic (exact) mass is 403 g/mol. The van der Waals surface area contributed by atoms with E-state index in [4.69, 9.17) is 10.5 Å². The normalized spacial score (nSPS) is 14.2. The van der Waals surface area contributed by atoms with Crippen LogP contribution in [-0.4, -0.2) is 22.1 Å². The van der Waals surface area contributed by atoms with Gasteiger partial charge in [-0.3, -0.25) is 9.97 Å². The first kappa shape index (κ1) is 21.0. The number of hydrogen-bond acceptors (Lipinski definition) is 4. The summed E-state index contributed by atoms with van der Waals surface area (Å²) in [6.07, 6.45) is -1.27. The second-order valence-corrected chi connectivity index (χ2v) is 7.98. The second-order valence-electron chi connectivity index (χ2n) is 7.98. The van der Waals surface area contributed by atoms with Crippen molar-refractivity contribution in [2.75, 3.05) is 6.61 Å². The Morgan fingerprint density at radius 2 is 1.83 bits per heavy atom. The largest absolute Gasteiger partial charge is 0.489 e. The van der Waals surface area contributed by atoms with Gasteiger partial charge in [0.1, 0.15) is 17.9 Å². The molecule has 0 aliphatic carbocycles. The van der Waals surface area contributed by atoms with Crippen LogP contribution in [0, 0.1) is 5.92 Å². The van der Waals surface area contributed by atoms with Crippen molar-refractivity contribution < 1.29 is 17.9 Å². The standard InChI is InChI=1S/C22H24F3N3O/c1-14(2)11-21(3,26)13-29-20-12-28-19(10-17(20)22(23,24)25)16-8-9-27-18-7-5-4-6-15(16)18/h4-10,12,14H,11,13,26H2,1-3H3. The van der Waals surface area contributed by atoms with Gasteiger partial charge in [0, 0.05) is 22.7 Å². The Morgan fingerprint density at radius 3 is 2.52 bits per heavy atom. The Labute approximate surface area is 167 Å². The Kier molecular flexibility index (Phi) is 5.80. The fourth-order valence-electron chi connectivity index (χ4n) is 3.48. The van der Waals surface area contributed by atoms with Crippen molar-refractivity contribution in [2.45, 2.75) is 38.9 Å². The van der Waals surface area contributed by atoms with Gasteiger partial charge in [-0.1, -0.05) is 32.0 Å². The molecule has 3 rings (SSSR count). The molecule has 1 aromatic carbocycles. The number of benzene rings is 1. The lowest BCUT2D eigenvalue weighted by Gasteiger charge is -2.27. The first-order valence-corrected chi connectivity index (χ1v) is 9.40. The molecule has 29 heavy (non-hydrogen) atoms. The zero-order chi connectivity index (χ0) is 21.2. The zero-order valence-corrected chi connectivity index (χ0v) is 16.6. The molecule has 0 bridgehead atoms. The van der Waals surface area contributed by atoms with Crippen molar-refractivity contribution in [3.63, 3.8) is 0 Å². The molecule has 0 saturated heterocycles. The van der Waals surface area contributed by atoms with Crippen LogP contribution in [0.3, 0.4) is 0 Å². The lowest BCUT2D eigenvalue weighted by atomic mass is 9.93. The highest BCUT2D eigenvalue weighted by atomic mass is 19.4. The van der Waals surface area contributed by atoms with E-state index in [0.717, 1.165) is 17.6 Å². The van der Waals surface area contributed by atoms with Gasteiger partial charge in [-0.25, -0.2) is 0 Å². The minimum atomic E-state index is -4.58. The fourth-order valence-corrected chi connectivity index (χ4v) is 3.48. The summed E-state index contributed by atoms with van der Waals surface area (Å²) in [4.78, 5) is 8.49. The number of alkyl halides is 3. The number of fused-ring (bicyclic) bond motifs is 1. The van der Waals surface area contributed by atoms with Gasteiger partial charge in [-0.15, -0.1) is 0 Å². The molecular weight excluding hydrogens is 379 g/mol. The smallest absolute Gasteiger partial charge is 0.420 e. The molecule has 7 heteroatoms. The lowest BCUT2D eigenvalue weighted by Crippen LogP contribution is -2.43. The molecule has 0 aliphatic rings. The molecule has 0 spiro atoms. The molecule has 0 fully saturated rings. The minimum Gasteiger partial charge on any atom is -0.489 e. The topological polar surface area (TPSA) is 61.0 Å². The summed E-state index contributed by atoms with van der Waals surface area (Å²) in [6, 6.07) is 9.93. The van der Waals surface area contributed by atoms with Crippen molar-refractivity contribution in [2.24, 2.45) is 11.7 Å². The molecule has 0 aliphatic heterocycles. The zero-order valence-electron chi connectivity index (χ0n) is 16.6. The first-order chi connectivity index (χ1) is 13.6. The number of nitrogens with zero attached hydrogens (tertiary/aromatic N) is 2. The number of nitrogens with two attached hydrogens (primary N) is 1. The molecule has 4 nitrogen and oxygen atoms in total. The predicted octanol–water partition coefficient (Wildman–Crippen LogP) is 5.46. The van der Waals surface area contributed by atoms with Crippen LogP contribution in [0.2, 0.25) is 0 Å². The second kappa shape index (κ2) is 7.99. The molecule has 1 unspecified atom stereocenters. The van der Waals surface area contributed by atoms with Gasteiger partial charge >= 0.3 is 6.18 Å². The van der Waals surface area contributed by atoms with E-state index in [2.05, 4.69) is 9.97 Å². The molecule has 3 aromatic rings. The van der Waals surface area contributed by atoms with E-state index in [0.29, 0.717) is 23.4 Å². The summed E-state index contributed by atoms with van der Waals surface area (Å²) in [7, 11) is 0. The average Bonchev–Trinajstić information content (AvgIpc) is 2.64. The van der Waals surface area contributed by atoms with Crippen LogP contribution in [0.25, 0.3) is 22.2 Å². The Hall–Kier alpha value is -2.67. The van der Waals surface area contributed by atoms with Gasteiger partial charge in [0.2, 0.25) is 0 Å².